The van der Waals surface area contributed by atoms with Gasteiger partial charge < -0.3 is 24.1 Å². The van der Waals surface area contributed by atoms with Crippen molar-refractivity contribution in [3.63, 3.8) is 0 Å². The number of carboxylic acids is 1. The summed E-state index contributed by atoms with van der Waals surface area (Å²) in [6.07, 6.45) is -3.23. The van der Waals surface area contributed by atoms with Crippen LogP contribution in [-0.4, -0.2) is 37.0 Å². The van der Waals surface area contributed by atoms with Crippen molar-refractivity contribution in [2.75, 3.05) is 19.8 Å². The summed E-state index contributed by atoms with van der Waals surface area (Å²) in [5, 5.41) is 9.12. The molecule has 3 aromatic rings. The summed E-state index contributed by atoms with van der Waals surface area (Å²) >= 11 is 0. The Labute approximate surface area is 223 Å². The first-order chi connectivity index (χ1) is 18.8. The van der Waals surface area contributed by atoms with Crippen LogP contribution >= 0.6 is 0 Å². The molecule has 3 aromatic carbocycles. The predicted octanol–water partition coefficient (Wildman–Crippen LogP) is 6.56. The number of benzene rings is 3. The highest BCUT2D eigenvalue weighted by molar-refractivity contribution is 5.75. The van der Waals surface area contributed by atoms with Crippen molar-refractivity contribution in [2.45, 2.75) is 50.0 Å². The lowest BCUT2D eigenvalue weighted by atomic mass is 9.91. The van der Waals surface area contributed by atoms with Crippen molar-refractivity contribution < 1.29 is 42.0 Å². The maximum absolute atomic E-state index is 14.1. The molecule has 9 heteroatoms. The average Bonchev–Trinajstić information content (AvgIpc) is 3.64. The zero-order chi connectivity index (χ0) is 27.1. The van der Waals surface area contributed by atoms with E-state index < -0.39 is 23.8 Å². The van der Waals surface area contributed by atoms with Gasteiger partial charge in [0.1, 0.15) is 29.5 Å². The molecule has 6 nitrogen and oxygen atoms in total. The number of carbonyl (C=O) groups is 1. The second kappa shape index (κ2) is 10.1. The van der Waals surface area contributed by atoms with Crippen LogP contribution in [0.3, 0.4) is 0 Å². The van der Waals surface area contributed by atoms with Crippen molar-refractivity contribution in [1.82, 2.24) is 0 Å². The van der Waals surface area contributed by atoms with Crippen LogP contribution in [0, 0.1) is 0 Å². The fourth-order valence-electron chi connectivity index (χ4n) is 5.73. The van der Waals surface area contributed by atoms with Crippen LogP contribution in [0.4, 0.5) is 13.2 Å². The van der Waals surface area contributed by atoms with E-state index >= 15 is 0 Å². The fourth-order valence-corrected chi connectivity index (χ4v) is 5.73. The lowest BCUT2D eigenvalue weighted by Crippen LogP contribution is -2.15. The summed E-state index contributed by atoms with van der Waals surface area (Å²) in [6.45, 7) is 1.44. The van der Waals surface area contributed by atoms with Crippen LogP contribution in [0.2, 0.25) is 0 Å². The molecule has 0 amide bonds. The lowest BCUT2D eigenvalue weighted by Gasteiger charge is -2.20. The molecule has 6 rings (SSSR count). The van der Waals surface area contributed by atoms with Gasteiger partial charge in [0.05, 0.1) is 31.8 Å². The number of halogens is 3. The van der Waals surface area contributed by atoms with Gasteiger partial charge in [0.2, 0.25) is 0 Å². The molecule has 3 aliphatic rings. The Morgan fingerprint density at radius 3 is 2.44 bits per heavy atom. The molecule has 2 heterocycles. The quantitative estimate of drug-likeness (QED) is 0.366. The smallest absolute Gasteiger partial charge is 0.417 e. The average molecular weight is 541 g/mol. The SMILES string of the molecule is O=C(O)C[C@@H]1COc2cc(OC3CCc4c3ccc(C(F)(F)F)c4-c3ccc(O[C@H]4CCOC4)cc3)ccc21. The van der Waals surface area contributed by atoms with E-state index in [2.05, 4.69) is 0 Å². The summed E-state index contributed by atoms with van der Waals surface area (Å²) in [5.74, 6) is 0.600. The molecule has 1 fully saturated rings. The number of rotatable bonds is 7. The highest BCUT2D eigenvalue weighted by Gasteiger charge is 2.38. The van der Waals surface area contributed by atoms with Gasteiger partial charge in [-0.05, 0) is 59.4 Å². The van der Waals surface area contributed by atoms with Crippen LogP contribution in [0.5, 0.6) is 17.2 Å². The molecule has 1 unspecified atom stereocenters. The third-order valence-electron chi connectivity index (χ3n) is 7.56. The van der Waals surface area contributed by atoms with E-state index in [9.17, 15) is 18.0 Å². The minimum absolute atomic E-state index is 0.0182. The van der Waals surface area contributed by atoms with Crippen LogP contribution in [-0.2, 0) is 22.1 Å². The molecular formula is C30H27F3O6. The van der Waals surface area contributed by atoms with E-state index in [0.717, 1.165) is 23.6 Å². The van der Waals surface area contributed by atoms with Crippen LogP contribution in [0.1, 0.15) is 53.5 Å². The first-order valence-corrected chi connectivity index (χ1v) is 13.0. The molecule has 1 saturated heterocycles. The van der Waals surface area contributed by atoms with Crippen molar-refractivity contribution in [2.24, 2.45) is 0 Å². The van der Waals surface area contributed by atoms with Crippen molar-refractivity contribution in [3.05, 3.63) is 76.9 Å². The number of aliphatic carboxylic acids is 1. The molecule has 0 radical (unpaired) electrons. The second-order valence-electron chi connectivity index (χ2n) is 10.1. The standard InChI is InChI=1S/C30H27F3O6/c31-30(32,33)25-9-7-23-24(29(25)17-1-3-19(4-2-17)38-21-11-12-36-16-21)8-10-26(23)39-20-5-6-22-18(13-28(34)35)15-37-27(22)14-20/h1-7,9,14,18,21,26H,8,10-13,15-16H2,(H,34,35)/t18-,21+,26?/m1/s1. The Kier molecular flexibility index (Phi) is 6.62. The molecule has 0 aromatic heterocycles. The highest BCUT2D eigenvalue weighted by atomic mass is 19.4. The Bertz CT molecular complexity index is 1380. The fraction of sp³-hybridized carbons (Fsp3) is 0.367. The molecule has 0 bridgehead atoms. The third kappa shape index (κ3) is 5.15. The number of carboxylic acid groups (broad SMARTS) is 1. The summed E-state index contributed by atoms with van der Waals surface area (Å²) in [4.78, 5) is 11.1. The summed E-state index contributed by atoms with van der Waals surface area (Å²) in [5.41, 5.74) is 2.16. The van der Waals surface area contributed by atoms with E-state index in [1.54, 1.807) is 42.5 Å². The molecule has 0 saturated carbocycles. The zero-order valence-electron chi connectivity index (χ0n) is 21.0. The third-order valence-corrected chi connectivity index (χ3v) is 7.56. The van der Waals surface area contributed by atoms with Gasteiger partial charge in [-0.3, -0.25) is 4.79 Å². The Morgan fingerprint density at radius 1 is 0.949 bits per heavy atom. The maximum Gasteiger partial charge on any atom is 0.417 e. The topological polar surface area (TPSA) is 74.2 Å². The van der Waals surface area contributed by atoms with E-state index in [-0.39, 0.29) is 24.0 Å². The highest BCUT2D eigenvalue weighted by Crippen LogP contribution is 2.47. The molecule has 3 atom stereocenters. The number of fused-ring (bicyclic) bond motifs is 2. The van der Waals surface area contributed by atoms with E-state index in [1.807, 2.05) is 0 Å². The van der Waals surface area contributed by atoms with Gasteiger partial charge >= 0.3 is 12.1 Å². The number of hydrogen-bond donors (Lipinski definition) is 1. The molecule has 1 aliphatic carbocycles. The number of ether oxygens (including phenoxy) is 4. The van der Waals surface area contributed by atoms with Gasteiger partial charge in [0.25, 0.3) is 0 Å². The first-order valence-electron chi connectivity index (χ1n) is 13.0. The lowest BCUT2D eigenvalue weighted by molar-refractivity contribution is -0.138. The van der Waals surface area contributed by atoms with E-state index in [0.29, 0.717) is 61.0 Å². The first kappa shape index (κ1) is 25.6. The van der Waals surface area contributed by atoms with Gasteiger partial charge in [-0.1, -0.05) is 24.3 Å². The Morgan fingerprint density at radius 2 is 1.72 bits per heavy atom. The zero-order valence-corrected chi connectivity index (χ0v) is 21.0. The van der Waals surface area contributed by atoms with Crippen LogP contribution in [0.15, 0.2) is 54.6 Å². The molecule has 0 spiro atoms. The van der Waals surface area contributed by atoms with Gasteiger partial charge in [-0.25, -0.2) is 0 Å². The maximum atomic E-state index is 14.1. The van der Waals surface area contributed by atoms with E-state index in [1.165, 1.54) is 6.07 Å². The molecular weight excluding hydrogens is 513 g/mol. The minimum Gasteiger partial charge on any atom is -0.492 e. The summed E-state index contributed by atoms with van der Waals surface area (Å²) in [7, 11) is 0. The molecule has 204 valence electrons. The Balaban J connectivity index is 1.27. The predicted molar refractivity (Wildman–Crippen MR) is 135 cm³/mol. The van der Waals surface area contributed by atoms with Gasteiger partial charge in [-0.15, -0.1) is 0 Å². The number of hydrogen-bond acceptors (Lipinski definition) is 5. The van der Waals surface area contributed by atoms with Gasteiger partial charge in [0, 0.05) is 24.0 Å². The molecule has 2 aliphatic heterocycles. The minimum atomic E-state index is -4.51. The number of alkyl halides is 3. The van der Waals surface area contributed by atoms with E-state index in [4.69, 9.17) is 24.1 Å². The second-order valence-corrected chi connectivity index (χ2v) is 10.1. The molecule has 1 N–H and O–H groups in total. The van der Waals surface area contributed by atoms with Crippen LogP contribution < -0.4 is 14.2 Å². The Hall–Kier alpha value is -3.72. The van der Waals surface area contributed by atoms with Crippen molar-refractivity contribution >= 4 is 5.97 Å². The summed E-state index contributed by atoms with van der Waals surface area (Å²) < 4.78 is 65.5. The van der Waals surface area contributed by atoms with Gasteiger partial charge in [0.15, 0.2) is 0 Å². The van der Waals surface area contributed by atoms with Crippen molar-refractivity contribution in [3.8, 4) is 28.4 Å². The van der Waals surface area contributed by atoms with Gasteiger partial charge in [-0.2, -0.15) is 13.2 Å². The monoisotopic (exact) mass is 540 g/mol. The van der Waals surface area contributed by atoms with Crippen molar-refractivity contribution in [1.29, 1.82) is 0 Å². The van der Waals surface area contributed by atoms with Crippen LogP contribution in [0.25, 0.3) is 11.1 Å². The summed E-state index contributed by atoms with van der Waals surface area (Å²) in [6, 6.07) is 14.7. The normalized spacial score (nSPS) is 21.8. The molecule has 39 heavy (non-hydrogen) atoms. The largest absolute Gasteiger partial charge is 0.492 e.